The number of hydrogen-bond acceptors (Lipinski definition) is 2. The Morgan fingerprint density at radius 3 is 2.43 bits per heavy atom. The van der Waals surface area contributed by atoms with Gasteiger partial charge in [-0.05, 0) is 29.4 Å². The lowest BCUT2D eigenvalue weighted by Crippen LogP contribution is -2.28. The van der Waals surface area contributed by atoms with E-state index in [1.54, 1.807) is 7.05 Å². The minimum atomic E-state index is -4.16. The number of benzene rings is 2. The first-order valence-corrected chi connectivity index (χ1v) is 6.77. The monoisotopic (exact) mass is 297 g/mol. The second-order valence-electron chi connectivity index (χ2n) is 5.25. The average Bonchev–Trinajstić information content (AvgIpc) is 2.44. The zero-order chi connectivity index (χ0) is 15.5. The van der Waals surface area contributed by atoms with Crippen molar-refractivity contribution in [2.75, 3.05) is 20.1 Å². The van der Waals surface area contributed by atoms with E-state index in [0.29, 0.717) is 5.56 Å². The summed E-state index contributed by atoms with van der Waals surface area (Å²) in [5, 5.41) is 12.2. The van der Waals surface area contributed by atoms with Crippen molar-refractivity contribution in [3.05, 3.63) is 48.0 Å². The smallest absolute Gasteiger partial charge is 0.387 e. The summed E-state index contributed by atoms with van der Waals surface area (Å²) in [6.07, 6.45) is -5.83. The zero-order valence-corrected chi connectivity index (χ0v) is 11.8. The van der Waals surface area contributed by atoms with E-state index in [1.807, 2.05) is 42.5 Å². The highest BCUT2D eigenvalue weighted by Gasteiger charge is 2.27. The van der Waals surface area contributed by atoms with Crippen LogP contribution >= 0.6 is 0 Å². The van der Waals surface area contributed by atoms with Crippen LogP contribution in [0.25, 0.3) is 10.8 Å². The number of alkyl halides is 3. The summed E-state index contributed by atoms with van der Waals surface area (Å²) in [4.78, 5) is 1.49. The lowest BCUT2D eigenvalue weighted by atomic mass is 10.0. The molecule has 1 atom stereocenters. The van der Waals surface area contributed by atoms with Gasteiger partial charge in [0.1, 0.15) is 0 Å². The third-order valence-electron chi connectivity index (χ3n) is 3.42. The highest BCUT2D eigenvalue weighted by Crippen LogP contribution is 2.22. The Morgan fingerprint density at radius 2 is 1.76 bits per heavy atom. The van der Waals surface area contributed by atoms with Gasteiger partial charge in [-0.2, -0.15) is 13.2 Å². The predicted octanol–water partition coefficient (Wildman–Crippen LogP) is 3.76. The number of rotatable bonds is 5. The van der Waals surface area contributed by atoms with E-state index in [4.69, 9.17) is 0 Å². The van der Waals surface area contributed by atoms with Crippen LogP contribution in [0.15, 0.2) is 42.5 Å². The topological polar surface area (TPSA) is 23.5 Å². The highest BCUT2D eigenvalue weighted by molar-refractivity contribution is 5.83. The number of fused-ring (bicyclic) bond motifs is 1. The van der Waals surface area contributed by atoms with Gasteiger partial charge in [-0.3, -0.25) is 0 Å². The summed E-state index contributed by atoms with van der Waals surface area (Å²) < 4.78 is 36.5. The molecule has 2 rings (SSSR count). The largest absolute Gasteiger partial charge is 0.390 e. The Balaban J connectivity index is 1.99. The van der Waals surface area contributed by atoms with Crippen molar-refractivity contribution in [2.24, 2.45) is 0 Å². The Morgan fingerprint density at radius 1 is 1.10 bits per heavy atom. The van der Waals surface area contributed by atoms with E-state index in [1.165, 1.54) is 4.90 Å². The van der Waals surface area contributed by atoms with Crippen LogP contribution in [0.3, 0.4) is 0 Å². The summed E-state index contributed by atoms with van der Waals surface area (Å²) in [7, 11) is 1.58. The van der Waals surface area contributed by atoms with Gasteiger partial charge in [-0.1, -0.05) is 36.4 Å². The van der Waals surface area contributed by atoms with Crippen LogP contribution in [-0.4, -0.2) is 36.3 Å². The van der Waals surface area contributed by atoms with E-state index in [0.717, 1.165) is 10.8 Å². The molecule has 2 nitrogen and oxygen atoms in total. The third kappa shape index (κ3) is 4.72. The molecule has 0 amide bonds. The fourth-order valence-electron chi connectivity index (χ4n) is 2.22. The molecule has 0 heterocycles. The minimum absolute atomic E-state index is 0.117. The van der Waals surface area contributed by atoms with E-state index < -0.39 is 18.7 Å². The molecule has 2 aromatic carbocycles. The Kier molecular flexibility index (Phi) is 4.85. The molecular formula is C16H18F3NO. The van der Waals surface area contributed by atoms with Crippen LogP contribution in [0.2, 0.25) is 0 Å². The van der Waals surface area contributed by atoms with E-state index in [9.17, 15) is 18.3 Å². The van der Waals surface area contributed by atoms with Gasteiger partial charge >= 0.3 is 6.18 Å². The minimum Gasteiger partial charge on any atom is -0.387 e. The summed E-state index contributed by atoms with van der Waals surface area (Å²) >= 11 is 0. The van der Waals surface area contributed by atoms with Crippen molar-refractivity contribution < 1.29 is 18.3 Å². The van der Waals surface area contributed by atoms with Gasteiger partial charge in [0, 0.05) is 13.1 Å². The number of aliphatic hydroxyl groups excluding tert-OH is 1. The van der Waals surface area contributed by atoms with Gasteiger partial charge in [0.2, 0.25) is 0 Å². The molecule has 0 aromatic heterocycles. The maximum atomic E-state index is 12.2. The second kappa shape index (κ2) is 6.45. The predicted molar refractivity (Wildman–Crippen MR) is 77.1 cm³/mol. The Labute approximate surface area is 121 Å². The Bertz CT molecular complexity index is 597. The first-order valence-electron chi connectivity index (χ1n) is 6.77. The van der Waals surface area contributed by atoms with E-state index in [2.05, 4.69) is 0 Å². The third-order valence-corrected chi connectivity index (χ3v) is 3.42. The lowest BCUT2D eigenvalue weighted by molar-refractivity contribution is -0.137. The van der Waals surface area contributed by atoms with Gasteiger partial charge in [0.25, 0.3) is 0 Å². The fraction of sp³-hybridized carbons (Fsp3) is 0.375. The van der Waals surface area contributed by atoms with Crippen molar-refractivity contribution in [3.63, 3.8) is 0 Å². The molecule has 0 radical (unpaired) electrons. The van der Waals surface area contributed by atoms with Crippen LogP contribution in [0.1, 0.15) is 18.1 Å². The van der Waals surface area contributed by atoms with Crippen LogP contribution in [0.5, 0.6) is 0 Å². The summed E-state index contributed by atoms with van der Waals surface area (Å²) in [5.74, 6) is 0. The molecule has 0 aliphatic rings. The number of nitrogens with zero attached hydrogens (tertiary/aromatic N) is 1. The SMILES string of the molecule is CN(CCC(F)(F)F)CC(O)c1ccc2ccccc2c1. The maximum absolute atomic E-state index is 12.2. The number of aliphatic hydroxyl groups is 1. The molecule has 0 spiro atoms. The van der Waals surface area contributed by atoms with Crippen LogP contribution in [-0.2, 0) is 0 Å². The van der Waals surface area contributed by atoms with Gasteiger partial charge in [0.05, 0.1) is 12.5 Å². The van der Waals surface area contributed by atoms with Crippen molar-refractivity contribution in [1.29, 1.82) is 0 Å². The standard InChI is InChI=1S/C16H18F3NO/c1-20(9-8-16(17,18)19)11-15(21)14-7-6-12-4-2-3-5-13(12)10-14/h2-7,10,15,21H,8-9,11H2,1H3. The molecule has 5 heteroatoms. The molecule has 0 aliphatic carbocycles. The molecule has 1 unspecified atom stereocenters. The maximum Gasteiger partial charge on any atom is 0.390 e. The van der Waals surface area contributed by atoms with Gasteiger partial charge in [0.15, 0.2) is 0 Å². The number of halogens is 3. The summed E-state index contributed by atoms with van der Waals surface area (Å²) in [6.45, 7) is 0.0581. The van der Waals surface area contributed by atoms with Crippen molar-refractivity contribution in [3.8, 4) is 0 Å². The van der Waals surface area contributed by atoms with Gasteiger partial charge < -0.3 is 10.0 Å². The molecule has 2 aromatic rings. The fourth-order valence-corrected chi connectivity index (χ4v) is 2.22. The average molecular weight is 297 g/mol. The molecule has 0 fully saturated rings. The summed E-state index contributed by atoms with van der Waals surface area (Å²) in [5.41, 5.74) is 0.715. The molecule has 0 aliphatic heterocycles. The lowest BCUT2D eigenvalue weighted by Gasteiger charge is -2.21. The summed E-state index contributed by atoms with van der Waals surface area (Å²) in [6, 6.07) is 13.4. The van der Waals surface area contributed by atoms with E-state index >= 15 is 0 Å². The molecule has 0 saturated heterocycles. The molecule has 114 valence electrons. The number of hydrogen-bond donors (Lipinski definition) is 1. The normalized spacial score (nSPS) is 13.8. The van der Waals surface area contributed by atoms with Crippen molar-refractivity contribution >= 4 is 10.8 Å². The first-order chi connectivity index (χ1) is 9.85. The molecule has 0 saturated carbocycles. The Hall–Kier alpha value is -1.59. The zero-order valence-electron chi connectivity index (χ0n) is 11.8. The molecule has 0 bridgehead atoms. The molecule has 1 N–H and O–H groups in total. The number of likely N-dealkylation sites (N-methyl/N-ethyl adjacent to an activating group) is 1. The van der Waals surface area contributed by atoms with Crippen molar-refractivity contribution in [2.45, 2.75) is 18.7 Å². The van der Waals surface area contributed by atoms with Crippen molar-refractivity contribution in [1.82, 2.24) is 4.90 Å². The van der Waals surface area contributed by atoms with Crippen LogP contribution in [0, 0.1) is 0 Å². The van der Waals surface area contributed by atoms with Crippen LogP contribution in [0.4, 0.5) is 13.2 Å². The second-order valence-corrected chi connectivity index (χ2v) is 5.25. The quantitative estimate of drug-likeness (QED) is 0.908. The van der Waals surface area contributed by atoms with Gasteiger partial charge in [-0.25, -0.2) is 0 Å². The van der Waals surface area contributed by atoms with E-state index in [-0.39, 0.29) is 13.1 Å². The molecular weight excluding hydrogens is 279 g/mol. The van der Waals surface area contributed by atoms with Crippen LogP contribution < -0.4 is 0 Å². The first kappa shape index (κ1) is 15.8. The highest BCUT2D eigenvalue weighted by atomic mass is 19.4. The van der Waals surface area contributed by atoms with Gasteiger partial charge in [-0.15, -0.1) is 0 Å². The molecule has 21 heavy (non-hydrogen) atoms.